The summed E-state index contributed by atoms with van der Waals surface area (Å²) in [5.41, 5.74) is 10.2. The minimum atomic E-state index is -0.174. The molecule has 0 aromatic heterocycles. The van der Waals surface area contributed by atoms with E-state index >= 15 is 0 Å². The zero-order valence-corrected chi connectivity index (χ0v) is 25.2. The van der Waals surface area contributed by atoms with Crippen molar-refractivity contribution in [3.8, 4) is 17.2 Å². The highest BCUT2D eigenvalue weighted by Gasteiger charge is 2.19. The molecule has 1 heterocycles. The first kappa shape index (κ1) is 30.8. The van der Waals surface area contributed by atoms with Gasteiger partial charge in [0.15, 0.2) is 11.5 Å². The van der Waals surface area contributed by atoms with E-state index in [1.165, 1.54) is 34.0 Å². The van der Waals surface area contributed by atoms with Crippen molar-refractivity contribution in [2.75, 3.05) is 51.9 Å². The molecule has 1 aliphatic heterocycles. The van der Waals surface area contributed by atoms with Crippen molar-refractivity contribution in [2.45, 2.75) is 47.5 Å². The Labute approximate surface area is 240 Å². The second-order valence-electron chi connectivity index (χ2n) is 10.5. The van der Waals surface area contributed by atoms with Gasteiger partial charge in [-0.2, -0.15) is 0 Å². The van der Waals surface area contributed by atoms with Gasteiger partial charge in [-0.3, -0.25) is 10.2 Å². The van der Waals surface area contributed by atoms with Gasteiger partial charge in [0.25, 0.3) is 5.91 Å². The van der Waals surface area contributed by atoms with Gasteiger partial charge in [-0.25, -0.2) is 5.01 Å². The molecule has 0 atom stereocenters. The molecule has 0 saturated carbocycles. The number of carbonyl (C=O) groups excluding carboxylic acids is 1. The average molecular weight is 548 g/mol. The number of hydrazine groups is 1. The minimum Gasteiger partial charge on any atom is -0.493 e. The maximum Gasteiger partial charge on any atom is 0.258 e. The molecule has 0 bridgehead atoms. The summed E-state index contributed by atoms with van der Waals surface area (Å²) in [5, 5.41) is 1.97. The smallest absolute Gasteiger partial charge is 0.258 e. The van der Waals surface area contributed by atoms with Crippen molar-refractivity contribution in [3.05, 3.63) is 76.4 Å². The third-order valence-corrected chi connectivity index (χ3v) is 6.90. The molecule has 3 rings (SSSR count). The molecular weight excluding hydrogens is 502 g/mol. The molecule has 2 aromatic rings. The summed E-state index contributed by atoms with van der Waals surface area (Å²) in [4.78, 5) is 15.0. The monoisotopic (exact) mass is 547 g/mol. The first-order valence-electron chi connectivity index (χ1n) is 13.9. The van der Waals surface area contributed by atoms with Crippen LogP contribution in [0.2, 0.25) is 0 Å². The van der Waals surface area contributed by atoms with E-state index < -0.39 is 0 Å². The highest BCUT2D eigenvalue weighted by molar-refractivity contribution is 5.91. The number of carbonyl (C=O) groups is 1. The topological polar surface area (TPSA) is 63.3 Å². The maximum absolute atomic E-state index is 12.7. The fraction of sp³-hybridized carbons (Fsp3) is 0.424. The number of hydrogen-bond donors (Lipinski definition) is 1. The SMILES string of the molecule is COc1cc(/C=C/C(=O)NN2CCN(c3ccc(C)cc3C)CC2)cc(OC)c1OC/C=C(\C)CCC=C(C)C. The largest absolute Gasteiger partial charge is 0.493 e. The molecule has 1 saturated heterocycles. The van der Waals surface area contributed by atoms with Crippen LogP contribution in [0, 0.1) is 13.8 Å². The molecule has 1 N–H and O–H groups in total. The average Bonchev–Trinajstić information content (AvgIpc) is 2.92. The normalized spacial score (nSPS) is 14.3. The number of hydrogen-bond acceptors (Lipinski definition) is 6. The van der Waals surface area contributed by atoms with E-state index in [0.29, 0.717) is 23.9 Å². The van der Waals surface area contributed by atoms with Crippen LogP contribution in [0.4, 0.5) is 5.69 Å². The van der Waals surface area contributed by atoms with Gasteiger partial charge in [-0.1, -0.05) is 34.9 Å². The molecule has 0 unspecified atom stereocenters. The minimum absolute atomic E-state index is 0.174. The second kappa shape index (κ2) is 15.2. The fourth-order valence-corrected chi connectivity index (χ4v) is 4.68. The predicted octanol–water partition coefficient (Wildman–Crippen LogP) is 6.26. The maximum atomic E-state index is 12.7. The number of rotatable bonds is 12. The first-order valence-corrected chi connectivity index (χ1v) is 13.9. The molecule has 1 aliphatic rings. The summed E-state index contributed by atoms with van der Waals surface area (Å²) >= 11 is 0. The van der Waals surface area contributed by atoms with E-state index in [9.17, 15) is 4.79 Å². The molecule has 216 valence electrons. The molecule has 7 nitrogen and oxygen atoms in total. The summed E-state index contributed by atoms with van der Waals surface area (Å²) in [7, 11) is 3.19. The van der Waals surface area contributed by atoms with Crippen LogP contribution in [0.25, 0.3) is 6.08 Å². The van der Waals surface area contributed by atoms with Crippen molar-refractivity contribution in [3.63, 3.8) is 0 Å². The molecule has 40 heavy (non-hydrogen) atoms. The van der Waals surface area contributed by atoms with Crippen molar-refractivity contribution >= 4 is 17.7 Å². The van der Waals surface area contributed by atoms with Crippen molar-refractivity contribution in [1.82, 2.24) is 10.4 Å². The van der Waals surface area contributed by atoms with Crippen LogP contribution in [0.5, 0.6) is 17.2 Å². The van der Waals surface area contributed by atoms with E-state index in [-0.39, 0.29) is 5.91 Å². The standard InChI is InChI=1S/C33H45N3O4/c1-24(2)9-8-10-25(3)15-20-40-33-30(38-6)22-28(23-31(33)39-7)12-14-32(37)34-36-18-16-35(17-19-36)29-13-11-26(4)21-27(29)5/h9,11-15,21-23H,8,10,16-20H2,1-7H3,(H,34,37)/b14-12+,25-15+. The van der Waals surface area contributed by atoms with E-state index in [2.05, 4.69) is 75.3 Å². The summed E-state index contributed by atoms with van der Waals surface area (Å²) in [5.74, 6) is 1.48. The van der Waals surface area contributed by atoms with Crippen LogP contribution in [-0.4, -0.2) is 57.9 Å². The van der Waals surface area contributed by atoms with Gasteiger partial charge in [-0.05, 0) is 88.9 Å². The molecule has 0 spiro atoms. The van der Waals surface area contributed by atoms with Gasteiger partial charge in [0.05, 0.1) is 14.2 Å². The van der Waals surface area contributed by atoms with Crippen LogP contribution >= 0.6 is 0 Å². The Morgan fingerprint density at radius 2 is 1.62 bits per heavy atom. The van der Waals surface area contributed by atoms with E-state index in [1.54, 1.807) is 20.3 Å². The third-order valence-electron chi connectivity index (χ3n) is 6.90. The number of nitrogens with zero attached hydrogens (tertiary/aromatic N) is 2. The number of nitrogens with one attached hydrogen (secondary N) is 1. The van der Waals surface area contributed by atoms with Gasteiger partial charge < -0.3 is 19.1 Å². The molecule has 0 radical (unpaired) electrons. The number of anilines is 1. The molecular formula is C33H45N3O4. The lowest BCUT2D eigenvalue weighted by Gasteiger charge is -2.36. The lowest BCUT2D eigenvalue weighted by Crippen LogP contribution is -2.53. The molecule has 7 heteroatoms. The van der Waals surface area contributed by atoms with E-state index in [1.807, 2.05) is 17.1 Å². The highest BCUT2D eigenvalue weighted by Crippen LogP contribution is 2.39. The summed E-state index contributed by atoms with van der Waals surface area (Å²) < 4.78 is 17.2. The lowest BCUT2D eigenvalue weighted by molar-refractivity contribution is -0.121. The number of amides is 1. The quantitative estimate of drug-likeness (QED) is 0.250. The zero-order valence-electron chi connectivity index (χ0n) is 25.2. The highest BCUT2D eigenvalue weighted by atomic mass is 16.5. The van der Waals surface area contributed by atoms with Crippen molar-refractivity contribution in [2.24, 2.45) is 0 Å². The van der Waals surface area contributed by atoms with Crippen LogP contribution < -0.4 is 24.5 Å². The molecule has 2 aromatic carbocycles. The molecule has 1 fully saturated rings. The van der Waals surface area contributed by atoms with Crippen LogP contribution in [0.1, 0.15) is 50.3 Å². The van der Waals surface area contributed by atoms with Gasteiger partial charge in [-0.15, -0.1) is 0 Å². The summed E-state index contributed by atoms with van der Waals surface area (Å²) in [6.45, 7) is 14.2. The Balaban J connectivity index is 1.56. The Morgan fingerprint density at radius 1 is 0.950 bits per heavy atom. The van der Waals surface area contributed by atoms with Gasteiger partial charge in [0.1, 0.15) is 6.61 Å². The van der Waals surface area contributed by atoms with Gasteiger partial charge in [0.2, 0.25) is 5.75 Å². The van der Waals surface area contributed by atoms with E-state index in [0.717, 1.165) is 44.6 Å². The van der Waals surface area contributed by atoms with Gasteiger partial charge in [0, 0.05) is 37.9 Å². The number of piperazine rings is 1. The molecule has 0 aliphatic carbocycles. The second-order valence-corrected chi connectivity index (χ2v) is 10.5. The van der Waals surface area contributed by atoms with Crippen LogP contribution in [0.15, 0.2) is 59.7 Å². The van der Waals surface area contributed by atoms with E-state index in [4.69, 9.17) is 14.2 Å². The lowest BCUT2D eigenvalue weighted by atomic mass is 10.1. The Kier molecular flexibility index (Phi) is 11.7. The summed E-state index contributed by atoms with van der Waals surface area (Å²) in [6.07, 6.45) is 9.63. The van der Waals surface area contributed by atoms with Crippen LogP contribution in [-0.2, 0) is 4.79 Å². The third kappa shape index (κ3) is 9.19. The first-order chi connectivity index (χ1) is 19.2. The Hall–Kier alpha value is -3.71. The van der Waals surface area contributed by atoms with Crippen LogP contribution in [0.3, 0.4) is 0 Å². The number of allylic oxidation sites excluding steroid dienone is 3. The van der Waals surface area contributed by atoms with Crippen molar-refractivity contribution < 1.29 is 19.0 Å². The number of benzene rings is 2. The fourth-order valence-electron chi connectivity index (χ4n) is 4.68. The Morgan fingerprint density at radius 3 is 2.23 bits per heavy atom. The summed E-state index contributed by atoms with van der Waals surface area (Å²) in [6, 6.07) is 10.2. The zero-order chi connectivity index (χ0) is 29.1. The van der Waals surface area contributed by atoms with Crippen molar-refractivity contribution in [1.29, 1.82) is 0 Å². The Bertz CT molecular complexity index is 1210. The van der Waals surface area contributed by atoms with Gasteiger partial charge >= 0.3 is 0 Å². The number of ether oxygens (including phenoxy) is 3. The molecule has 1 amide bonds. The number of aryl methyl sites for hydroxylation is 2. The predicted molar refractivity (Wildman–Crippen MR) is 164 cm³/mol. The number of methoxy groups -OCH3 is 2.